The summed E-state index contributed by atoms with van der Waals surface area (Å²) in [7, 11) is -3.87. The summed E-state index contributed by atoms with van der Waals surface area (Å²) in [5.41, 5.74) is 0.355. The summed E-state index contributed by atoms with van der Waals surface area (Å²) in [6.45, 7) is 10.8. The number of carbonyl (C=O) groups is 4. The Morgan fingerprint density at radius 2 is 1.72 bits per heavy atom. The van der Waals surface area contributed by atoms with Gasteiger partial charge in [-0.25, -0.2) is 8.42 Å². The van der Waals surface area contributed by atoms with Crippen LogP contribution >= 0.6 is 0 Å². The van der Waals surface area contributed by atoms with Crippen LogP contribution in [0.1, 0.15) is 67.9 Å². The molecule has 3 N–H and O–H groups in total. The molecule has 2 aliphatic heterocycles. The quantitative estimate of drug-likeness (QED) is 0.272. The summed E-state index contributed by atoms with van der Waals surface area (Å²) in [5.74, 6) is -2.74. The predicted octanol–water partition coefficient (Wildman–Crippen LogP) is 3.23. The van der Waals surface area contributed by atoms with E-state index >= 15 is 0 Å². The van der Waals surface area contributed by atoms with Gasteiger partial charge in [-0.2, -0.15) is 0 Å². The molecule has 13 heteroatoms. The molecule has 264 valence electrons. The molecule has 12 nitrogen and oxygen atoms in total. The maximum atomic E-state index is 14.6. The van der Waals surface area contributed by atoms with Crippen molar-refractivity contribution in [3.8, 4) is 0 Å². The second kappa shape index (κ2) is 12.4. The van der Waals surface area contributed by atoms with Crippen LogP contribution in [-0.2, 0) is 37.5 Å². The summed E-state index contributed by atoms with van der Waals surface area (Å²) in [4.78, 5) is 59.5. The highest BCUT2D eigenvalue weighted by molar-refractivity contribution is 7.91. The smallest absolute Gasteiger partial charge is 0.259 e. The Morgan fingerprint density at radius 3 is 2.28 bits per heavy atom. The highest BCUT2D eigenvalue weighted by atomic mass is 32.2. The van der Waals surface area contributed by atoms with Crippen LogP contribution in [0, 0.1) is 11.3 Å². The second-order valence-corrected chi connectivity index (χ2v) is 17.2. The number of likely N-dealkylation sites (tertiary alicyclic amines) is 1. The third-order valence-electron chi connectivity index (χ3n) is 10.6. The lowest BCUT2D eigenvalue weighted by Crippen LogP contribution is -2.60. The molecule has 4 amide bonds. The molecule has 2 aromatic carbocycles. The van der Waals surface area contributed by atoms with Crippen LogP contribution in [-0.4, -0.2) is 77.3 Å². The summed E-state index contributed by atoms with van der Waals surface area (Å²) in [6, 6.07) is 11.7. The molecule has 7 rings (SSSR count). The molecule has 4 aliphatic rings. The molecule has 0 bridgehead atoms. The van der Waals surface area contributed by atoms with Crippen molar-refractivity contribution in [2.45, 2.75) is 88.5 Å². The SMILES string of the molecule is C=C[C@@H]1C[C@]1(NC(=O)[C@@H]1C[C@@H](N2Cc3cccc4cccc(c34)C2)CN1C(=O)[C@@H](NC(=O)c1ccoc1)C(C)(C)C)C(=O)NS(=O)(=O)C1CC1. The lowest BCUT2D eigenvalue weighted by molar-refractivity contribution is -0.142. The summed E-state index contributed by atoms with van der Waals surface area (Å²) in [6.07, 6.45) is 5.65. The summed E-state index contributed by atoms with van der Waals surface area (Å²) in [5, 5.41) is 7.52. The number of sulfonamides is 1. The van der Waals surface area contributed by atoms with E-state index in [-0.39, 0.29) is 31.0 Å². The van der Waals surface area contributed by atoms with Crippen LogP contribution in [0.5, 0.6) is 0 Å². The van der Waals surface area contributed by atoms with E-state index in [1.807, 2.05) is 32.9 Å². The van der Waals surface area contributed by atoms with Crippen molar-refractivity contribution in [1.82, 2.24) is 25.2 Å². The van der Waals surface area contributed by atoms with Gasteiger partial charge in [0.15, 0.2) is 0 Å². The number of benzene rings is 2. The number of nitrogens with zero attached hydrogens (tertiary/aromatic N) is 2. The molecule has 0 unspecified atom stereocenters. The summed E-state index contributed by atoms with van der Waals surface area (Å²) >= 11 is 0. The second-order valence-electron chi connectivity index (χ2n) is 15.2. The molecular formula is C37H43N5O7S. The molecule has 3 aromatic rings. The van der Waals surface area contributed by atoms with Crippen molar-refractivity contribution in [1.29, 1.82) is 0 Å². The Hall–Kier alpha value is -4.49. The minimum Gasteiger partial charge on any atom is -0.472 e. The van der Waals surface area contributed by atoms with Gasteiger partial charge in [-0.1, -0.05) is 63.2 Å². The zero-order chi connectivity index (χ0) is 35.6. The zero-order valence-corrected chi connectivity index (χ0v) is 29.3. The Kier molecular flexibility index (Phi) is 8.41. The van der Waals surface area contributed by atoms with Gasteiger partial charge >= 0.3 is 0 Å². The van der Waals surface area contributed by atoms with E-state index < -0.39 is 67.9 Å². The van der Waals surface area contributed by atoms with Crippen LogP contribution in [0.25, 0.3) is 10.8 Å². The Morgan fingerprint density at radius 1 is 1.04 bits per heavy atom. The van der Waals surface area contributed by atoms with Gasteiger partial charge in [0.2, 0.25) is 21.8 Å². The van der Waals surface area contributed by atoms with Crippen molar-refractivity contribution in [3.05, 3.63) is 84.3 Å². The van der Waals surface area contributed by atoms with Crippen molar-refractivity contribution in [2.24, 2.45) is 11.3 Å². The number of furan rings is 1. The minimum atomic E-state index is -3.87. The fraction of sp³-hybridized carbons (Fsp3) is 0.459. The molecule has 50 heavy (non-hydrogen) atoms. The van der Waals surface area contributed by atoms with E-state index in [0.717, 1.165) is 16.5 Å². The van der Waals surface area contributed by atoms with Crippen LogP contribution in [0.4, 0.5) is 0 Å². The van der Waals surface area contributed by atoms with Crippen LogP contribution < -0.4 is 15.4 Å². The fourth-order valence-corrected chi connectivity index (χ4v) is 8.89. The van der Waals surface area contributed by atoms with Gasteiger partial charge in [-0.05, 0) is 59.1 Å². The topological polar surface area (TPSA) is 158 Å². The fourth-order valence-electron chi connectivity index (χ4n) is 7.53. The van der Waals surface area contributed by atoms with Crippen molar-refractivity contribution < 1.29 is 32.0 Å². The van der Waals surface area contributed by atoms with Gasteiger partial charge in [-0.15, -0.1) is 6.58 Å². The van der Waals surface area contributed by atoms with E-state index in [0.29, 0.717) is 25.9 Å². The van der Waals surface area contributed by atoms with Crippen molar-refractivity contribution in [3.63, 3.8) is 0 Å². The van der Waals surface area contributed by atoms with E-state index in [4.69, 9.17) is 4.42 Å². The average molecular weight is 702 g/mol. The average Bonchev–Trinajstić information content (AvgIpc) is 3.93. The van der Waals surface area contributed by atoms with E-state index in [1.54, 1.807) is 0 Å². The number of carbonyl (C=O) groups excluding carboxylic acids is 4. The molecule has 0 spiro atoms. The maximum absolute atomic E-state index is 14.6. The Balaban J connectivity index is 1.18. The molecule has 2 aliphatic carbocycles. The van der Waals surface area contributed by atoms with Crippen molar-refractivity contribution >= 4 is 44.4 Å². The Labute approximate surface area is 291 Å². The number of hydrogen-bond acceptors (Lipinski definition) is 8. The van der Waals surface area contributed by atoms with Gasteiger partial charge < -0.3 is 20.0 Å². The number of hydrogen-bond donors (Lipinski definition) is 3. The molecule has 5 atom stereocenters. The first-order valence-corrected chi connectivity index (χ1v) is 18.6. The first-order valence-electron chi connectivity index (χ1n) is 17.1. The van der Waals surface area contributed by atoms with Gasteiger partial charge in [-0.3, -0.25) is 28.8 Å². The first-order chi connectivity index (χ1) is 23.7. The van der Waals surface area contributed by atoms with Crippen LogP contribution in [0.15, 0.2) is 72.1 Å². The molecule has 0 radical (unpaired) electrons. The highest BCUT2D eigenvalue weighted by Gasteiger charge is 2.62. The molecule has 3 fully saturated rings. The normalized spacial score (nSPS) is 25.5. The Bertz CT molecular complexity index is 1940. The lowest BCUT2D eigenvalue weighted by atomic mass is 9.85. The van der Waals surface area contributed by atoms with Crippen LogP contribution in [0.3, 0.4) is 0 Å². The van der Waals surface area contributed by atoms with Gasteiger partial charge in [0, 0.05) is 31.6 Å². The first kappa shape index (κ1) is 34.0. The largest absolute Gasteiger partial charge is 0.472 e. The number of nitrogens with one attached hydrogen (secondary N) is 3. The van der Waals surface area contributed by atoms with E-state index in [2.05, 4.69) is 51.1 Å². The third kappa shape index (κ3) is 6.21. The molecule has 1 aromatic heterocycles. The van der Waals surface area contributed by atoms with E-state index in [1.165, 1.54) is 35.0 Å². The standard InChI is InChI=1S/C37H43N5O7S/c1-5-26-17-37(26,35(46)40-50(47,48)28-12-13-28)39-33(44)29-16-27(41-18-23-10-6-8-22-9-7-11-24(19-41)30(22)23)20-42(29)34(45)31(36(2,3)4)38-32(43)25-14-15-49-21-25/h5-11,14-15,21,26-29,31H,1,12-13,16-20H2,2-4H3,(H,38,43)(H,39,44)(H,40,46)/t26-,27-,29+,31-,37-/m1/s1. The minimum absolute atomic E-state index is 0.191. The third-order valence-corrected chi connectivity index (χ3v) is 12.4. The predicted molar refractivity (Wildman–Crippen MR) is 186 cm³/mol. The van der Waals surface area contributed by atoms with Crippen molar-refractivity contribution in [2.75, 3.05) is 6.54 Å². The summed E-state index contributed by atoms with van der Waals surface area (Å²) < 4.78 is 32.7. The van der Waals surface area contributed by atoms with Gasteiger partial charge in [0.25, 0.3) is 11.8 Å². The number of amides is 4. The maximum Gasteiger partial charge on any atom is 0.259 e. The van der Waals surface area contributed by atoms with Gasteiger partial charge in [0.1, 0.15) is 23.9 Å². The molecule has 1 saturated heterocycles. The highest BCUT2D eigenvalue weighted by Crippen LogP contribution is 2.46. The zero-order valence-electron chi connectivity index (χ0n) is 28.5. The molecule has 2 saturated carbocycles. The molecular weight excluding hydrogens is 659 g/mol. The number of rotatable bonds is 10. The van der Waals surface area contributed by atoms with Crippen LogP contribution in [0.2, 0.25) is 0 Å². The van der Waals surface area contributed by atoms with Gasteiger partial charge in [0.05, 0.1) is 17.1 Å². The lowest BCUT2D eigenvalue weighted by Gasteiger charge is -2.36. The molecule has 3 heterocycles. The monoisotopic (exact) mass is 701 g/mol. The van der Waals surface area contributed by atoms with E-state index in [9.17, 15) is 27.6 Å².